The van der Waals surface area contributed by atoms with Crippen LogP contribution in [0.4, 0.5) is 0 Å². The van der Waals surface area contributed by atoms with Gasteiger partial charge in [0, 0.05) is 18.6 Å². The third-order valence-electron chi connectivity index (χ3n) is 2.67. The molecule has 1 aromatic heterocycles. The van der Waals surface area contributed by atoms with Gasteiger partial charge in [-0.05, 0) is 24.3 Å². The molecule has 0 spiro atoms. The summed E-state index contributed by atoms with van der Waals surface area (Å²) in [5.74, 6) is 0. The van der Waals surface area contributed by atoms with E-state index in [4.69, 9.17) is 18.0 Å². The van der Waals surface area contributed by atoms with E-state index in [9.17, 15) is 8.42 Å². The molecule has 0 saturated carbocycles. The predicted molar refractivity (Wildman–Crippen MR) is 78.3 cm³/mol. The molecule has 0 saturated heterocycles. The van der Waals surface area contributed by atoms with Gasteiger partial charge in [-0.25, -0.2) is 8.42 Å². The second-order valence-corrected chi connectivity index (χ2v) is 6.59. The number of likely N-dealkylation sites (N-methyl/N-ethyl adjacent to an activating group) is 1. The Morgan fingerprint density at radius 3 is 2.79 bits per heavy atom. The van der Waals surface area contributed by atoms with Crippen LogP contribution >= 0.6 is 12.2 Å². The minimum absolute atomic E-state index is 0.00825. The first-order valence-electron chi connectivity index (χ1n) is 5.51. The van der Waals surface area contributed by atoms with Crippen molar-refractivity contribution >= 4 is 38.1 Å². The van der Waals surface area contributed by atoms with Crippen molar-refractivity contribution in [2.45, 2.75) is 4.90 Å². The number of benzene rings is 1. The van der Waals surface area contributed by atoms with Crippen molar-refractivity contribution in [2.24, 2.45) is 5.73 Å². The number of pyridine rings is 1. The third-order valence-corrected chi connectivity index (χ3v) is 4.66. The number of thiocarbonyl (C=S) groups is 1. The first kappa shape index (κ1) is 13.9. The molecule has 2 N–H and O–H groups in total. The van der Waals surface area contributed by atoms with Gasteiger partial charge in [-0.2, -0.15) is 4.31 Å². The molecule has 0 unspecified atom stereocenters. The summed E-state index contributed by atoms with van der Waals surface area (Å²) in [6.45, 7) is 0.00825. The molecule has 7 heteroatoms. The molecule has 0 fully saturated rings. The van der Waals surface area contributed by atoms with Crippen LogP contribution in [0.1, 0.15) is 0 Å². The second kappa shape index (κ2) is 5.20. The molecule has 0 radical (unpaired) electrons. The van der Waals surface area contributed by atoms with E-state index in [2.05, 4.69) is 4.98 Å². The van der Waals surface area contributed by atoms with Gasteiger partial charge < -0.3 is 5.73 Å². The average Bonchev–Trinajstić information content (AvgIpc) is 2.37. The van der Waals surface area contributed by atoms with Crippen LogP contribution in [0.25, 0.3) is 10.9 Å². The minimum Gasteiger partial charge on any atom is -0.392 e. The maximum atomic E-state index is 12.5. The van der Waals surface area contributed by atoms with Gasteiger partial charge in [0.05, 0.1) is 21.9 Å². The molecule has 2 rings (SSSR count). The van der Waals surface area contributed by atoms with E-state index < -0.39 is 10.0 Å². The van der Waals surface area contributed by atoms with Crippen molar-refractivity contribution in [2.75, 3.05) is 13.6 Å². The summed E-state index contributed by atoms with van der Waals surface area (Å²) in [5, 5.41) is 0.583. The van der Waals surface area contributed by atoms with Crippen LogP contribution in [0.2, 0.25) is 0 Å². The van der Waals surface area contributed by atoms with Crippen LogP contribution < -0.4 is 5.73 Å². The molecule has 19 heavy (non-hydrogen) atoms. The van der Waals surface area contributed by atoms with Crippen LogP contribution in [0, 0.1) is 0 Å². The van der Waals surface area contributed by atoms with Gasteiger partial charge in [0.15, 0.2) is 0 Å². The molecular weight excluding hydrogens is 282 g/mol. The van der Waals surface area contributed by atoms with Crippen LogP contribution in [-0.4, -0.2) is 36.3 Å². The quantitative estimate of drug-likeness (QED) is 0.856. The van der Waals surface area contributed by atoms with Crippen LogP contribution in [0.5, 0.6) is 0 Å². The highest BCUT2D eigenvalue weighted by Gasteiger charge is 2.23. The summed E-state index contributed by atoms with van der Waals surface area (Å²) in [5.41, 5.74) is 6.03. The molecule has 100 valence electrons. The Morgan fingerprint density at radius 2 is 2.11 bits per heavy atom. The van der Waals surface area contributed by atoms with E-state index in [0.29, 0.717) is 10.9 Å². The van der Waals surface area contributed by atoms with E-state index >= 15 is 0 Å². The highest BCUT2D eigenvalue weighted by atomic mass is 32.2. The Balaban J connectivity index is 2.58. The van der Waals surface area contributed by atoms with Gasteiger partial charge in [0.25, 0.3) is 0 Å². The van der Waals surface area contributed by atoms with Crippen molar-refractivity contribution in [3.8, 4) is 0 Å². The standard InChI is InChI=1S/C12H13N3O2S2/c1-15(8-12(13)18)19(16,17)11-6-2-5-10-9(11)4-3-7-14-10/h2-7H,8H2,1H3,(H2,13,18). The van der Waals surface area contributed by atoms with Gasteiger partial charge in [-0.15, -0.1) is 0 Å². The number of rotatable bonds is 4. The van der Waals surface area contributed by atoms with Crippen molar-refractivity contribution in [3.63, 3.8) is 0 Å². The molecular formula is C12H13N3O2S2. The number of nitrogens with zero attached hydrogens (tertiary/aromatic N) is 2. The lowest BCUT2D eigenvalue weighted by Crippen LogP contribution is -2.34. The molecule has 0 bridgehead atoms. The summed E-state index contributed by atoms with van der Waals surface area (Å²) < 4.78 is 26.1. The summed E-state index contributed by atoms with van der Waals surface area (Å²) in [6, 6.07) is 8.41. The smallest absolute Gasteiger partial charge is 0.243 e. The Kier molecular flexibility index (Phi) is 3.79. The van der Waals surface area contributed by atoms with E-state index in [0.717, 1.165) is 4.31 Å². The van der Waals surface area contributed by atoms with Gasteiger partial charge in [-0.3, -0.25) is 4.98 Å². The molecule has 0 atom stereocenters. The fraction of sp³-hybridized carbons (Fsp3) is 0.167. The Labute approximate surface area is 117 Å². The number of nitrogens with two attached hydrogens (primary N) is 1. The predicted octanol–water partition coefficient (Wildman–Crippen LogP) is 1.14. The van der Waals surface area contributed by atoms with Crippen LogP contribution in [0.3, 0.4) is 0 Å². The van der Waals surface area contributed by atoms with Gasteiger partial charge in [0.1, 0.15) is 0 Å². The highest BCUT2D eigenvalue weighted by molar-refractivity contribution is 7.89. The zero-order valence-corrected chi connectivity index (χ0v) is 11.9. The zero-order valence-electron chi connectivity index (χ0n) is 10.3. The molecule has 0 aliphatic heterocycles. The summed E-state index contributed by atoms with van der Waals surface area (Å²) in [4.78, 5) is 4.48. The topological polar surface area (TPSA) is 76.3 Å². The lowest BCUT2D eigenvalue weighted by molar-refractivity contribution is 0.507. The van der Waals surface area contributed by atoms with E-state index in [1.54, 1.807) is 36.5 Å². The van der Waals surface area contributed by atoms with Crippen molar-refractivity contribution in [1.82, 2.24) is 9.29 Å². The minimum atomic E-state index is -3.63. The highest BCUT2D eigenvalue weighted by Crippen LogP contribution is 2.23. The molecule has 0 aliphatic rings. The first-order valence-corrected chi connectivity index (χ1v) is 7.36. The van der Waals surface area contributed by atoms with E-state index in [1.165, 1.54) is 7.05 Å². The van der Waals surface area contributed by atoms with Crippen molar-refractivity contribution < 1.29 is 8.42 Å². The molecule has 0 amide bonds. The fourth-order valence-electron chi connectivity index (χ4n) is 1.77. The van der Waals surface area contributed by atoms with Crippen molar-refractivity contribution in [1.29, 1.82) is 0 Å². The normalized spacial score (nSPS) is 11.9. The van der Waals surface area contributed by atoms with Gasteiger partial charge in [0.2, 0.25) is 10.0 Å². The number of fused-ring (bicyclic) bond motifs is 1. The van der Waals surface area contributed by atoms with Gasteiger partial charge >= 0.3 is 0 Å². The van der Waals surface area contributed by atoms with E-state index in [-0.39, 0.29) is 16.4 Å². The molecule has 1 heterocycles. The largest absolute Gasteiger partial charge is 0.392 e. The van der Waals surface area contributed by atoms with Crippen LogP contribution in [-0.2, 0) is 10.0 Å². The lowest BCUT2D eigenvalue weighted by atomic mass is 10.2. The Hall–Kier alpha value is -1.57. The maximum Gasteiger partial charge on any atom is 0.243 e. The summed E-state index contributed by atoms with van der Waals surface area (Å²) in [6.07, 6.45) is 1.62. The summed E-state index contributed by atoms with van der Waals surface area (Å²) in [7, 11) is -2.19. The Bertz CT molecular complexity index is 723. The number of hydrogen-bond acceptors (Lipinski definition) is 4. The van der Waals surface area contributed by atoms with Gasteiger partial charge in [-0.1, -0.05) is 18.3 Å². The first-order chi connectivity index (χ1) is 8.93. The monoisotopic (exact) mass is 295 g/mol. The molecule has 0 aliphatic carbocycles. The zero-order chi connectivity index (χ0) is 14.0. The SMILES string of the molecule is CN(CC(N)=S)S(=O)(=O)c1cccc2ncccc12. The number of aromatic nitrogens is 1. The van der Waals surface area contributed by atoms with Crippen molar-refractivity contribution in [3.05, 3.63) is 36.5 Å². The Morgan fingerprint density at radius 1 is 1.37 bits per heavy atom. The molecule has 2 aromatic rings. The number of hydrogen-bond donors (Lipinski definition) is 1. The van der Waals surface area contributed by atoms with E-state index in [1.807, 2.05) is 0 Å². The lowest BCUT2D eigenvalue weighted by Gasteiger charge is -2.17. The fourth-order valence-corrected chi connectivity index (χ4v) is 3.39. The summed E-state index contributed by atoms with van der Waals surface area (Å²) >= 11 is 4.75. The molecule has 1 aromatic carbocycles. The average molecular weight is 295 g/mol. The van der Waals surface area contributed by atoms with Crippen LogP contribution in [0.15, 0.2) is 41.4 Å². The second-order valence-electron chi connectivity index (χ2n) is 4.05. The maximum absolute atomic E-state index is 12.5. The number of sulfonamides is 1. The third kappa shape index (κ3) is 2.73. The molecule has 5 nitrogen and oxygen atoms in total.